The number of benzene rings is 1. The Morgan fingerprint density at radius 2 is 2.00 bits per heavy atom. The average molecular weight is 325 g/mol. The minimum absolute atomic E-state index is 0.0204. The minimum atomic E-state index is 0.0204. The van der Waals surface area contributed by atoms with Crippen LogP contribution in [0.15, 0.2) is 48.0 Å². The number of carbonyl (C=O) groups excluding carboxylic acids is 1. The smallest absolute Gasteiger partial charge is 0.240 e. The predicted molar refractivity (Wildman–Crippen MR) is 93.3 cm³/mol. The van der Waals surface area contributed by atoms with Crippen LogP contribution in [0.3, 0.4) is 0 Å². The molecular weight excluding hydrogens is 306 g/mol. The number of hydrogen-bond donors (Lipinski definition) is 1. The van der Waals surface area contributed by atoms with E-state index in [2.05, 4.69) is 16.4 Å². The summed E-state index contributed by atoms with van der Waals surface area (Å²) >= 11 is 1.61. The van der Waals surface area contributed by atoms with Crippen molar-refractivity contribution in [1.82, 2.24) is 14.9 Å². The fourth-order valence-corrected chi connectivity index (χ4v) is 3.16. The summed E-state index contributed by atoms with van der Waals surface area (Å²) in [6.45, 7) is 4.91. The molecule has 0 aliphatic rings. The molecule has 1 N–H and O–H groups in total. The van der Waals surface area contributed by atoms with Gasteiger partial charge in [-0.15, -0.1) is 11.3 Å². The SMILES string of the molecule is Cc1ccc(C)n1CC(=O)NCc1cccc(-c2nccs2)c1. The van der Waals surface area contributed by atoms with E-state index in [0.29, 0.717) is 13.1 Å². The molecule has 23 heavy (non-hydrogen) atoms. The number of aryl methyl sites for hydroxylation is 2. The van der Waals surface area contributed by atoms with Gasteiger partial charge >= 0.3 is 0 Å². The van der Waals surface area contributed by atoms with Crippen molar-refractivity contribution in [3.05, 3.63) is 64.9 Å². The number of aromatic nitrogens is 2. The molecule has 1 aromatic carbocycles. The summed E-state index contributed by atoms with van der Waals surface area (Å²) < 4.78 is 2.02. The number of thiazole rings is 1. The first-order valence-electron chi connectivity index (χ1n) is 7.52. The molecule has 0 radical (unpaired) electrons. The zero-order valence-electron chi connectivity index (χ0n) is 13.2. The third-order valence-corrected chi connectivity index (χ3v) is 4.64. The lowest BCUT2D eigenvalue weighted by Crippen LogP contribution is -2.27. The number of rotatable bonds is 5. The quantitative estimate of drug-likeness (QED) is 0.780. The second kappa shape index (κ2) is 6.79. The Balaban J connectivity index is 1.62. The van der Waals surface area contributed by atoms with Crippen LogP contribution in [0.2, 0.25) is 0 Å². The summed E-state index contributed by atoms with van der Waals surface area (Å²) in [6.07, 6.45) is 1.80. The Kier molecular flexibility index (Phi) is 4.57. The van der Waals surface area contributed by atoms with Crippen molar-refractivity contribution >= 4 is 17.2 Å². The molecule has 1 amide bonds. The van der Waals surface area contributed by atoms with E-state index < -0.39 is 0 Å². The molecule has 0 bridgehead atoms. The van der Waals surface area contributed by atoms with E-state index in [9.17, 15) is 4.79 Å². The Labute approximate surface area is 139 Å². The van der Waals surface area contributed by atoms with E-state index in [4.69, 9.17) is 0 Å². The van der Waals surface area contributed by atoms with Gasteiger partial charge in [-0.3, -0.25) is 4.79 Å². The van der Waals surface area contributed by atoms with Crippen LogP contribution in [0.5, 0.6) is 0 Å². The van der Waals surface area contributed by atoms with Crippen molar-refractivity contribution in [2.75, 3.05) is 0 Å². The second-order valence-electron chi connectivity index (χ2n) is 5.52. The van der Waals surface area contributed by atoms with Gasteiger partial charge in [0.25, 0.3) is 0 Å². The molecule has 2 heterocycles. The van der Waals surface area contributed by atoms with Crippen LogP contribution in [0, 0.1) is 13.8 Å². The molecule has 0 fully saturated rings. The topological polar surface area (TPSA) is 46.9 Å². The summed E-state index contributed by atoms with van der Waals surface area (Å²) in [4.78, 5) is 16.5. The van der Waals surface area contributed by atoms with Crippen LogP contribution >= 0.6 is 11.3 Å². The maximum absolute atomic E-state index is 12.2. The highest BCUT2D eigenvalue weighted by atomic mass is 32.1. The summed E-state index contributed by atoms with van der Waals surface area (Å²) in [5.74, 6) is 0.0204. The van der Waals surface area contributed by atoms with Crippen molar-refractivity contribution in [2.24, 2.45) is 0 Å². The van der Waals surface area contributed by atoms with Crippen LogP contribution in [-0.2, 0) is 17.9 Å². The van der Waals surface area contributed by atoms with E-state index >= 15 is 0 Å². The van der Waals surface area contributed by atoms with Gasteiger partial charge in [-0.1, -0.05) is 18.2 Å². The molecule has 0 aliphatic heterocycles. The lowest BCUT2D eigenvalue weighted by molar-refractivity contribution is -0.121. The van der Waals surface area contributed by atoms with Gasteiger partial charge in [-0.2, -0.15) is 0 Å². The van der Waals surface area contributed by atoms with Crippen molar-refractivity contribution in [3.63, 3.8) is 0 Å². The first kappa shape index (κ1) is 15.5. The van der Waals surface area contributed by atoms with Gasteiger partial charge < -0.3 is 9.88 Å². The zero-order chi connectivity index (χ0) is 16.2. The van der Waals surface area contributed by atoms with E-state index in [0.717, 1.165) is 27.5 Å². The molecule has 0 spiro atoms. The maximum atomic E-state index is 12.2. The molecule has 0 saturated heterocycles. The van der Waals surface area contributed by atoms with E-state index in [1.807, 2.05) is 54.1 Å². The van der Waals surface area contributed by atoms with Crippen LogP contribution < -0.4 is 5.32 Å². The van der Waals surface area contributed by atoms with Gasteiger partial charge in [0.15, 0.2) is 0 Å². The normalized spacial score (nSPS) is 10.7. The van der Waals surface area contributed by atoms with Gasteiger partial charge in [0.2, 0.25) is 5.91 Å². The van der Waals surface area contributed by atoms with Crippen molar-refractivity contribution in [3.8, 4) is 10.6 Å². The van der Waals surface area contributed by atoms with Crippen molar-refractivity contribution in [2.45, 2.75) is 26.9 Å². The molecule has 118 valence electrons. The van der Waals surface area contributed by atoms with Gasteiger partial charge in [0.05, 0.1) is 0 Å². The monoisotopic (exact) mass is 325 g/mol. The molecule has 0 atom stereocenters. The number of nitrogens with zero attached hydrogens (tertiary/aromatic N) is 2. The Bertz CT molecular complexity index is 786. The van der Waals surface area contributed by atoms with Gasteiger partial charge in [0.1, 0.15) is 11.6 Å². The number of hydrogen-bond acceptors (Lipinski definition) is 3. The summed E-state index contributed by atoms with van der Waals surface area (Å²) in [5.41, 5.74) is 4.36. The fourth-order valence-electron chi connectivity index (χ4n) is 2.53. The maximum Gasteiger partial charge on any atom is 0.240 e. The highest BCUT2D eigenvalue weighted by molar-refractivity contribution is 7.13. The van der Waals surface area contributed by atoms with Crippen molar-refractivity contribution < 1.29 is 4.79 Å². The highest BCUT2D eigenvalue weighted by Gasteiger charge is 2.07. The lowest BCUT2D eigenvalue weighted by atomic mass is 10.1. The summed E-state index contributed by atoms with van der Waals surface area (Å²) in [7, 11) is 0. The summed E-state index contributed by atoms with van der Waals surface area (Å²) in [5, 5.41) is 5.95. The Morgan fingerprint density at radius 1 is 1.22 bits per heavy atom. The predicted octanol–water partition coefficient (Wildman–Crippen LogP) is 3.54. The van der Waals surface area contributed by atoms with E-state index in [1.54, 1.807) is 17.5 Å². The third kappa shape index (κ3) is 3.68. The Morgan fingerprint density at radius 3 is 2.70 bits per heavy atom. The first-order chi connectivity index (χ1) is 11.1. The molecule has 4 nitrogen and oxygen atoms in total. The van der Waals surface area contributed by atoms with Gasteiger partial charge in [-0.05, 0) is 37.6 Å². The number of nitrogens with one attached hydrogen (secondary N) is 1. The highest BCUT2D eigenvalue weighted by Crippen LogP contribution is 2.22. The lowest BCUT2D eigenvalue weighted by Gasteiger charge is -2.10. The van der Waals surface area contributed by atoms with Crippen LogP contribution in [0.1, 0.15) is 17.0 Å². The molecule has 0 saturated carbocycles. The van der Waals surface area contributed by atoms with Crippen molar-refractivity contribution in [1.29, 1.82) is 0 Å². The minimum Gasteiger partial charge on any atom is -0.350 e. The zero-order valence-corrected chi connectivity index (χ0v) is 14.1. The second-order valence-corrected chi connectivity index (χ2v) is 6.41. The third-order valence-electron chi connectivity index (χ3n) is 3.81. The van der Waals surface area contributed by atoms with Crippen LogP contribution in [0.4, 0.5) is 0 Å². The molecule has 3 rings (SSSR count). The molecule has 3 aromatic rings. The average Bonchev–Trinajstić information content (AvgIpc) is 3.19. The first-order valence-corrected chi connectivity index (χ1v) is 8.39. The van der Waals surface area contributed by atoms with E-state index in [1.165, 1.54) is 0 Å². The standard InChI is InChI=1S/C18H19N3OS/c1-13-6-7-14(2)21(13)12-17(22)20-11-15-4-3-5-16(10-15)18-19-8-9-23-18/h3-10H,11-12H2,1-2H3,(H,20,22). The largest absolute Gasteiger partial charge is 0.350 e. The molecule has 5 heteroatoms. The molecule has 0 aliphatic carbocycles. The molecular formula is C18H19N3OS. The fraction of sp³-hybridized carbons (Fsp3) is 0.222. The van der Waals surface area contributed by atoms with E-state index in [-0.39, 0.29) is 5.91 Å². The molecule has 0 unspecified atom stereocenters. The Hall–Kier alpha value is -2.40. The van der Waals surface area contributed by atoms with Crippen LogP contribution in [-0.4, -0.2) is 15.5 Å². The summed E-state index contributed by atoms with van der Waals surface area (Å²) in [6, 6.07) is 12.2. The van der Waals surface area contributed by atoms with Crippen LogP contribution in [0.25, 0.3) is 10.6 Å². The van der Waals surface area contributed by atoms with Gasteiger partial charge in [-0.25, -0.2) is 4.98 Å². The van der Waals surface area contributed by atoms with Gasteiger partial charge in [0, 0.05) is 35.1 Å². The molecule has 2 aromatic heterocycles. The number of carbonyl (C=O) groups is 1. The number of amides is 1.